The van der Waals surface area contributed by atoms with Crippen LogP contribution in [0, 0.1) is 10.1 Å². The topological polar surface area (TPSA) is 113 Å². The molecule has 0 radical (unpaired) electrons. The van der Waals surface area contributed by atoms with Crippen LogP contribution >= 0.6 is 15.9 Å². The van der Waals surface area contributed by atoms with Crippen molar-refractivity contribution in [3.05, 3.63) is 26.9 Å². The largest absolute Gasteiger partial charge is 0.384 e. The second-order valence-electron chi connectivity index (χ2n) is 3.21. The zero-order valence-electron chi connectivity index (χ0n) is 8.66. The van der Waals surface area contributed by atoms with Gasteiger partial charge in [-0.3, -0.25) is 10.1 Å². The van der Waals surface area contributed by atoms with Gasteiger partial charge in [0.2, 0.25) is 0 Å². The predicted octanol–water partition coefficient (Wildman–Crippen LogP) is 1.13. The Morgan fingerprint density at radius 2 is 2.24 bits per heavy atom. The van der Waals surface area contributed by atoms with Gasteiger partial charge in [0.05, 0.1) is 4.92 Å². The SMILES string of the molecule is Cn1nnc(Br)c1-c1nc(N)ccc1[N+](=O)[O-]. The highest BCUT2D eigenvalue weighted by molar-refractivity contribution is 9.10. The molecule has 0 fully saturated rings. The minimum atomic E-state index is -0.527. The zero-order chi connectivity index (χ0) is 12.6. The van der Waals surface area contributed by atoms with Gasteiger partial charge in [0, 0.05) is 13.1 Å². The Labute approximate surface area is 104 Å². The number of anilines is 1. The summed E-state index contributed by atoms with van der Waals surface area (Å²) in [5.41, 5.74) is 5.93. The maximum absolute atomic E-state index is 10.9. The number of hydrogen-bond donors (Lipinski definition) is 1. The first-order chi connectivity index (χ1) is 8.00. The highest BCUT2D eigenvalue weighted by Crippen LogP contribution is 2.32. The van der Waals surface area contributed by atoms with Crippen molar-refractivity contribution in [1.82, 2.24) is 20.0 Å². The van der Waals surface area contributed by atoms with Gasteiger partial charge < -0.3 is 5.73 Å². The molecule has 88 valence electrons. The van der Waals surface area contributed by atoms with Gasteiger partial charge in [-0.25, -0.2) is 9.67 Å². The Morgan fingerprint density at radius 3 is 2.76 bits per heavy atom. The Kier molecular flexibility index (Phi) is 2.76. The van der Waals surface area contributed by atoms with Gasteiger partial charge in [0.1, 0.15) is 11.5 Å². The predicted molar refractivity (Wildman–Crippen MR) is 63.0 cm³/mol. The fraction of sp³-hybridized carbons (Fsp3) is 0.125. The summed E-state index contributed by atoms with van der Waals surface area (Å²) in [7, 11) is 1.61. The van der Waals surface area contributed by atoms with E-state index in [1.807, 2.05) is 0 Å². The van der Waals surface area contributed by atoms with Crippen LogP contribution in [0.3, 0.4) is 0 Å². The maximum Gasteiger partial charge on any atom is 0.297 e. The Balaban J connectivity index is 2.74. The fourth-order valence-electron chi connectivity index (χ4n) is 1.37. The van der Waals surface area contributed by atoms with E-state index in [1.54, 1.807) is 7.05 Å². The van der Waals surface area contributed by atoms with Crippen molar-refractivity contribution in [2.45, 2.75) is 0 Å². The van der Waals surface area contributed by atoms with E-state index in [4.69, 9.17) is 5.73 Å². The summed E-state index contributed by atoms with van der Waals surface area (Å²) in [6.07, 6.45) is 0. The molecule has 0 amide bonds. The van der Waals surface area contributed by atoms with Gasteiger partial charge in [-0.15, -0.1) is 5.10 Å². The van der Waals surface area contributed by atoms with Crippen molar-refractivity contribution in [3.63, 3.8) is 0 Å². The van der Waals surface area contributed by atoms with E-state index in [0.29, 0.717) is 10.3 Å². The first-order valence-electron chi connectivity index (χ1n) is 4.47. The normalized spacial score (nSPS) is 10.5. The molecular formula is C8H7BrN6O2. The molecule has 2 rings (SSSR count). The van der Waals surface area contributed by atoms with Crippen LogP contribution in [-0.2, 0) is 7.05 Å². The standard InChI is InChI=1S/C8H7BrN6O2/c1-14-7(8(9)12-13-14)6-4(15(16)17)2-3-5(10)11-6/h2-3H,1H3,(H2,10,11). The van der Waals surface area contributed by atoms with Gasteiger partial charge in [-0.1, -0.05) is 5.21 Å². The number of nitrogens with zero attached hydrogens (tertiary/aromatic N) is 5. The number of rotatable bonds is 2. The molecule has 9 heteroatoms. The van der Waals surface area contributed by atoms with Gasteiger partial charge in [0.25, 0.3) is 5.69 Å². The molecule has 8 nitrogen and oxygen atoms in total. The van der Waals surface area contributed by atoms with E-state index < -0.39 is 4.92 Å². The third-order valence-electron chi connectivity index (χ3n) is 2.10. The molecule has 0 atom stereocenters. The minimum Gasteiger partial charge on any atom is -0.384 e. The lowest BCUT2D eigenvalue weighted by atomic mass is 10.2. The molecule has 0 saturated heterocycles. The molecule has 17 heavy (non-hydrogen) atoms. The summed E-state index contributed by atoms with van der Waals surface area (Å²) >= 11 is 3.16. The molecule has 2 N–H and O–H groups in total. The van der Waals surface area contributed by atoms with E-state index in [-0.39, 0.29) is 17.2 Å². The number of nitro groups is 1. The fourth-order valence-corrected chi connectivity index (χ4v) is 1.89. The smallest absolute Gasteiger partial charge is 0.297 e. The number of aryl methyl sites for hydroxylation is 1. The van der Waals surface area contributed by atoms with Gasteiger partial charge in [0.15, 0.2) is 10.3 Å². The lowest BCUT2D eigenvalue weighted by Gasteiger charge is -2.03. The van der Waals surface area contributed by atoms with Crippen molar-refractivity contribution in [2.75, 3.05) is 5.73 Å². The van der Waals surface area contributed by atoms with Crippen LogP contribution < -0.4 is 5.73 Å². The second kappa shape index (κ2) is 4.09. The van der Waals surface area contributed by atoms with Crippen LogP contribution in [0.25, 0.3) is 11.4 Å². The average Bonchev–Trinajstić information content (AvgIpc) is 2.58. The quantitative estimate of drug-likeness (QED) is 0.657. The Hall–Kier alpha value is -2.03. The van der Waals surface area contributed by atoms with Crippen molar-refractivity contribution in [2.24, 2.45) is 7.05 Å². The van der Waals surface area contributed by atoms with Crippen molar-refractivity contribution in [3.8, 4) is 11.4 Å². The third kappa shape index (κ3) is 1.96. The molecule has 0 bridgehead atoms. The molecule has 0 spiro atoms. The number of nitrogen functional groups attached to an aromatic ring is 1. The number of nitrogens with two attached hydrogens (primary N) is 1. The van der Waals surface area contributed by atoms with Crippen LogP contribution in [0.5, 0.6) is 0 Å². The van der Waals surface area contributed by atoms with Crippen molar-refractivity contribution in [1.29, 1.82) is 0 Å². The lowest BCUT2D eigenvalue weighted by molar-refractivity contribution is -0.384. The van der Waals surface area contributed by atoms with Crippen LogP contribution in [0.1, 0.15) is 0 Å². The van der Waals surface area contributed by atoms with E-state index in [2.05, 4.69) is 31.2 Å². The highest BCUT2D eigenvalue weighted by atomic mass is 79.9. The number of halogens is 1. The van der Waals surface area contributed by atoms with E-state index >= 15 is 0 Å². The van der Waals surface area contributed by atoms with Crippen LogP contribution in [0.4, 0.5) is 11.5 Å². The summed E-state index contributed by atoms with van der Waals surface area (Å²) in [6.45, 7) is 0. The number of hydrogen-bond acceptors (Lipinski definition) is 6. The van der Waals surface area contributed by atoms with E-state index in [9.17, 15) is 10.1 Å². The maximum atomic E-state index is 10.9. The molecule has 0 aliphatic carbocycles. The van der Waals surface area contributed by atoms with Crippen LogP contribution in [0.2, 0.25) is 0 Å². The molecule has 0 saturated carbocycles. The Morgan fingerprint density at radius 1 is 1.53 bits per heavy atom. The van der Waals surface area contributed by atoms with Crippen LogP contribution in [0.15, 0.2) is 16.7 Å². The lowest BCUT2D eigenvalue weighted by Crippen LogP contribution is -2.02. The first-order valence-corrected chi connectivity index (χ1v) is 5.26. The van der Waals surface area contributed by atoms with E-state index in [0.717, 1.165) is 0 Å². The molecule has 2 aromatic heterocycles. The molecule has 0 aliphatic rings. The van der Waals surface area contributed by atoms with E-state index in [1.165, 1.54) is 16.8 Å². The summed E-state index contributed by atoms with van der Waals surface area (Å²) in [5.74, 6) is 0.193. The van der Waals surface area contributed by atoms with Crippen LogP contribution in [-0.4, -0.2) is 24.9 Å². The molecule has 2 aromatic rings. The number of pyridine rings is 1. The average molecular weight is 299 g/mol. The second-order valence-corrected chi connectivity index (χ2v) is 3.96. The molecule has 0 unspecified atom stereocenters. The summed E-state index contributed by atoms with van der Waals surface area (Å²) in [5, 5.41) is 18.4. The number of aromatic nitrogens is 4. The summed E-state index contributed by atoms with van der Waals surface area (Å²) < 4.78 is 1.76. The summed E-state index contributed by atoms with van der Waals surface area (Å²) in [6, 6.07) is 2.68. The Bertz CT molecular complexity index is 576. The molecule has 0 aromatic carbocycles. The molecule has 2 heterocycles. The van der Waals surface area contributed by atoms with Crippen molar-refractivity contribution >= 4 is 27.4 Å². The van der Waals surface area contributed by atoms with Gasteiger partial charge in [-0.05, 0) is 22.0 Å². The summed E-state index contributed by atoms with van der Waals surface area (Å²) in [4.78, 5) is 14.3. The first kappa shape index (κ1) is 11.5. The van der Waals surface area contributed by atoms with Gasteiger partial charge in [-0.2, -0.15) is 0 Å². The van der Waals surface area contributed by atoms with Crippen molar-refractivity contribution < 1.29 is 4.92 Å². The highest BCUT2D eigenvalue weighted by Gasteiger charge is 2.23. The third-order valence-corrected chi connectivity index (χ3v) is 2.64. The molecule has 0 aliphatic heterocycles. The molecular weight excluding hydrogens is 292 g/mol. The monoisotopic (exact) mass is 298 g/mol. The minimum absolute atomic E-state index is 0.134. The zero-order valence-corrected chi connectivity index (χ0v) is 10.2. The van der Waals surface area contributed by atoms with Gasteiger partial charge >= 0.3 is 0 Å².